The zero-order valence-electron chi connectivity index (χ0n) is 16.9. The molecule has 164 valence electrons. The molecule has 0 saturated carbocycles. The molecule has 0 bridgehead atoms. The molecule has 0 fully saturated rings. The number of halogens is 3. The van der Waals surface area contributed by atoms with E-state index in [2.05, 4.69) is 10.4 Å². The number of aromatic nitrogens is 2. The van der Waals surface area contributed by atoms with Crippen LogP contribution >= 0.6 is 34.8 Å². The fourth-order valence-electron chi connectivity index (χ4n) is 3.03. The minimum Gasteiger partial charge on any atom is -0.485 e. The number of carbonyl (C=O) groups is 1. The van der Waals surface area contributed by atoms with Crippen LogP contribution in [-0.2, 0) is 13.2 Å². The Morgan fingerprint density at radius 1 is 1.09 bits per heavy atom. The van der Waals surface area contributed by atoms with Crippen LogP contribution in [0.1, 0.15) is 27.4 Å². The zero-order chi connectivity index (χ0) is 22.7. The summed E-state index contributed by atoms with van der Waals surface area (Å²) >= 11 is 18.0. The number of amides is 1. The first-order chi connectivity index (χ1) is 15.4. The number of benzene rings is 2. The smallest absolute Gasteiger partial charge is 0.291 e. The molecule has 9 heteroatoms. The third kappa shape index (κ3) is 5.46. The number of anilines is 1. The van der Waals surface area contributed by atoms with Crippen molar-refractivity contribution in [2.45, 2.75) is 20.1 Å². The molecule has 0 aliphatic carbocycles. The summed E-state index contributed by atoms with van der Waals surface area (Å²) in [6, 6.07) is 14.1. The summed E-state index contributed by atoms with van der Waals surface area (Å²) < 4.78 is 13.0. The topological polar surface area (TPSA) is 69.3 Å². The predicted molar refractivity (Wildman–Crippen MR) is 125 cm³/mol. The third-order valence-electron chi connectivity index (χ3n) is 4.61. The van der Waals surface area contributed by atoms with Gasteiger partial charge in [-0.1, -0.05) is 40.9 Å². The Balaban J connectivity index is 1.34. The fourth-order valence-corrected chi connectivity index (χ4v) is 3.58. The Labute approximate surface area is 199 Å². The minimum absolute atomic E-state index is 0.175. The lowest BCUT2D eigenvalue weighted by Crippen LogP contribution is -2.10. The molecule has 0 spiro atoms. The molecule has 0 saturated heterocycles. The van der Waals surface area contributed by atoms with Crippen molar-refractivity contribution in [1.82, 2.24) is 9.78 Å². The van der Waals surface area contributed by atoms with Gasteiger partial charge in [-0.3, -0.25) is 9.48 Å². The van der Waals surface area contributed by atoms with Gasteiger partial charge in [0.05, 0.1) is 28.5 Å². The molecule has 0 atom stereocenters. The van der Waals surface area contributed by atoms with E-state index < -0.39 is 0 Å². The Morgan fingerprint density at radius 3 is 2.72 bits per heavy atom. The fraction of sp³-hybridized carbons (Fsp3) is 0.130. The second-order valence-corrected chi connectivity index (χ2v) is 8.34. The lowest BCUT2D eigenvalue weighted by molar-refractivity contribution is 0.0992. The second-order valence-electron chi connectivity index (χ2n) is 7.09. The highest BCUT2D eigenvalue weighted by Crippen LogP contribution is 2.24. The summed E-state index contributed by atoms with van der Waals surface area (Å²) in [7, 11) is 0. The molecule has 4 aromatic rings. The summed E-state index contributed by atoms with van der Waals surface area (Å²) in [5.74, 6) is 1.02. The monoisotopic (exact) mass is 489 g/mol. The van der Waals surface area contributed by atoms with Gasteiger partial charge in [0, 0.05) is 11.2 Å². The molecule has 32 heavy (non-hydrogen) atoms. The molecule has 1 amide bonds. The third-order valence-corrected chi connectivity index (χ3v) is 5.59. The maximum absolute atomic E-state index is 12.5. The van der Waals surface area contributed by atoms with E-state index in [0.717, 1.165) is 11.1 Å². The quantitative estimate of drug-likeness (QED) is 0.316. The SMILES string of the molecule is Cc1cc(Cl)ccc1OCc1ccc(C(=O)Nc2cnn(Cc3ccc(Cl)c(Cl)c3)c2)o1. The van der Waals surface area contributed by atoms with Crippen molar-refractivity contribution in [1.29, 1.82) is 0 Å². The Bertz CT molecular complexity index is 1270. The Hall–Kier alpha value is -2.93. The van der Waals surface area contributed by atoms with Crippen LogP contribution in [0.4, 0.5) is 5.69 Å². The van der Waals surface area contributed by atoms with Crippen LogP contribution in [0, 0.1) is 6.92 Å². The maximum Gasteiger partial charge on any atom is 0.291 e. The maximum atomic E-state index is 12.5. The van der Waals surface area contributed by atoms with E-state index >= 15 is 0 Å². The molecule has 4 rings (SSSR count). The number of ether oxygens (including phenoxy) is 1. The highest BCUT2D eigenvalue weighted by molar-refractivity contribution is 6.42. The largest absolute Gasteiger partial charge is 0.485 e. The molecule has 2 aromatic carbocycles. The van der Waals surface area contributed by atoms with E-state index in [-0.39, 0.29) is 18.3 Å². The first-order valence-electron chi connectivity index (χ1n) is 9.63. The van der Waals surface area contributed by atoms with Gasteiger partial charge in [-0.15, -0.1) is 0 Å². The second kappa shape index (κ2) is 9.69. The van der Waals surface area contributed by atoms with Crippen molar-refractivity contribution in [3.63, 3.8) is 0 Å². The predicted octanol–water partition coefficient (Wildman–Crippen LogP) is 6.62. The minimum atomic E-state index is -0.381. The summed E-state index contributed by atoms with van der Waals surface area (Å²) in [5.41, 5.74) is 2.40. The van der Waals surface area contributed by atoms with Crippen LogP contribution in [0.3, 0.4) is 0 Å². The van der Waals surface area contributed by atoms with E-state index in [1.807, 2.05) is 19.1 Å². The molecule has 2 heterocycles. The van der Waals surface area contributed by atoms with Crippen LogP contribution in [-0.4, -0.2) is 15.7 Å². The highest BCUT2D eigenvalue weighted by atomic mass is 35.5. The first-order valence-corrected chi connectivity index (χ1v) is 10.8. The van der Waals surface area contributed by atoms with Gasteiger partial charge >= 0.3 is 0 Å². The molecule has 2 aromatic heterocycles. The zero-order valence-corrected chi connectivity index (χ0v) is 19.2. The van der Waals surface area contributed by atoms with Crippen molar-refractivity contribution in [3.05, 3.63) is 98.6 Å². The van der Waals surface area contributed by atoms with Gasteiger partial charge < -0.3 is 14.5 Å². The van der Waals surface area contributed by atoms with Crippen molar-refractivity contribution in [2.75, 3.05) is 5.32 Å². The number of rotatable bonds is 7. The molecule has 6 nitrogen and oxygen atoms in total. The molecular formula is C23H18Cl3N3O3. The van der Waals surface area contributed by atoms with Gasteiger partial charge in [-0.05, 0) is 60.5 Å². The molecule has 0 aliphatic heterocycles. The summed E-state index contributed by atoms with van der Waals surface area (Å²) in [6.07, 6.45) is 3.28. The Kier molecular flexibility index (Phi) is 6.74. The van der Waals surface area contributed by atoms with E-state index in [1.54, 1.807) is 53.5 Å². The van der Waals surface area contributed by atoms with Crippen LogP contribution in [0.15, 0.2) is 65.3 Å². The van der Waals surface area contributed by atoms with E-state index in [0.29, 0.717) is 38.8 Å². The molecule has 0 aliphatic rings. The van der Waals surface area contributed by atoms with Gasteiger partial charge in [0.2, 0.25) is 0 Å². The number of nitrogens with zero attached hydrogens (tertiary/aromatic N) is 2. The number of furan rings is 1. The summed E-state index contributed by atoms with van der Waals surface area (Å²) in [4.78, 5) is 12.5. The van der Waals surface area contributed by atoms with Crippen LogP contribution in [0.2, 0.25) is 15.1 Å². The van der Waals surface area contributed by atoms with E-state index in [1.165, 1.54) is 0 Å². The van der Waals surface area contributed by atoms with Gasteiger partial charge in [0.15, 0.2) is 5.76 Å². The summed E-state index contributed by atoms with van der Waals surface area (Å²) in [6.45, 7) is 2.58. The van der Waals surface area contributed by atoms with Gasteiger partial charge in [0.1, 0.15) is 18.1 Å². The van der Waals surface area contributed by atoms with E-state index in [9.17, 15) is 4.79 Å². The Morgan fingerprint density at radius 2 is 1.94 bits per heavy atom. The van der Waals surface area contributed by atoms with Crippen LogP contribution < -0.4 is 10.1 Å². The number of hydrogen-bond donors (Lipinski definition) is 1. The van der Waals surface area contributed by atoms with Crippen LogP contribution in [0.5, 0.6) is 5.75 Å². The molecule has 0 unspecified atom stereocenters. The van der Waals surface area contributed by atoms with Crippen molar-refractivity contribution >= 4 is 46.4 Å². The molecule has 1 N–H and O–H groups in total. The number of carbonyl (C=O) groups excluding carboxylic acids is 1. The summed E-state index contributed by atoms with van der Waals surface area (Å²) in [5, 5.41) is 8.65. The number of nitrogens with one attached hydrogen (secondary N) is 1. The average Bonchev–Trinajstić information content (AvgIpc) is 3.40. The standard InChI is InChI=1S/C23H18Cl3N3O3/c1-14-8-16(24)3-6-21(14)31-13-18-4-7-22(32-18)23(30)28-17-10-27-29(12-17)11-15-2-5-19(25)20(26)9-15/h2-10,12H,11,13H2,1H3,(H,28,30). The van der Waals surface area contributed by atoms with Crippen molar-refractivity contribution in [2.24, 2.45) is 0 Å². The van der Waals surface area contributed by atoms with Gasteiger partial charge in [-0.25, -0.2) is 0 Å². The van der Waals surface area contributed by atoms with Crippen molar-refractivity contribution in [3.8, 4) is 5.75 Å². The average molecular weight is 491 g/mol. The number of hydrogen-bond acceptors (Lipinski definition) is 4. The lowest BCUT2D eigenvalue weighted by atomic mass is 10.2. The molecular weight excluding hydrogens is 473 g/mol. The molecule has 0 radical (unpaired) electrons. The van der Waals surface area contributed by atoms with Gasteiger partial charge in [-0.2, -0.15) is 5.10 Å². The van der Waals surface area contributed by atoms with Gasteiger partial charge in [0.25, 0.3) is 5.91 Å². The lowest BCUT2D eigenvalue weighted by Gasteiger charge is -2.07. The highest BCUT2D eigenvalue weighted by Gasteiger charge is 2.13. The first kappa shape index (κ1) is 22.3. The van der Waals surface area contributed by atoms with Crippen molar-refractivity contribution < 1.29 is 13.9 Å². The van der Waals surface area contributed by atoms with Crippen LogP contribution in [0.25, 0.3) is 0 Å². The van der Waals surface area contributed by atoms with E-state index in [4.69, 9.17) is 44.0 Å². The normalized spacial score (nSPS) is 10.9. The number of aryl methyl sites for hydroxylation is 1.